The second-order valence-corrected chi connectivity index (χ2v) is 6.56. The Morgan fingerprint density at radius 3 is 2.63 bits per heavy atom. The molecule has 4 nitrogen and oxygen atoms in total. The van der Waals surface area contributed by atoms with Gasteiger partial charge in [0.05, 0.1) is 0 Å². The van der Waals surface area contributed by atoms with E-state index in [1.54, 1.807) is 24.3 Å². The van der Waals surface area contributed by atoms with Crippen LogP contribution in [0.15, 0.2) is 65.1 Å². The van der Waals surface area contributed by atoms with Crippen LogP contribution >= 0.6 is 11.6 Å². The maximum Gasteiger partial charge on any atom is 0.255 e. The van der Waals surface area contributed by atoms with Crippen molar-refractivity contribution in [1.82, 2.24) is 4.98 Å². The zero-order chi connectivity index (χ0) is 19.0. The molecule has 1 aromatic heterocycles. The van der Waals surface area contributed by atoms with Gasteiger partial charge in [-0.15, -0.1) is 0 Å². The normalized spacial score (nSPS) is 10.9. The lowest BCUT2D eigenvalue weighted by Crippen LogP contribution is -2.12. The molecule has 0 saturated heterocycles. The molecule has 4 rings (SSSR count). The van der Waals surface area contributed by atoms with Crippen LogP contribution in [-0.4, -0.2) is 10.9 Å². The van der Waals surface area contributed by atoms with Gasteiger partial charge in [0.15, 0.2) is 5.58 Å². The first-order valence-electron chi connectivity index (χ1n) is 8.23. The number of benzene rings is 3. The summed E-state index contributed by atoms with van der Waals surface area (Å²) in [5.41, 5.74) is 3.90. The third kappa shape index (κ3) is 3.55. The zero-order valence-electron chi connectivity index (χ0n) is 14.3. The summed E-state index contributed by atoms with van der Waals surface area (Å²) in [7, 11) is 0. The first-order valence-corrected chi connectivity index (χ1v) is 8.61. The molecule has 0 aliphatic heterocycles. The van der Waals surface area contributed by atoms with Crippen LogP contribution in [0, 0.1) is 12.7 Å². The number of aryl methyl sites for hydroxylation is 1. The molecule has 0 unspecified atom stereocenters. The van der Waals surface area contributed by atoms with E-state index >= 15 is 0 Å². The maximum atomic E-state index is 13.0. The van der Waals surface area contributed by atoms with E-state index in [0.717, 1.165) is 11.1 Å². The van der Waals surface area contributed by atoms with Gasteiger partial charge in [-0.05, 0) is 67.1 Å². The van der Waals surface area contributed by atoms with E-state index in [2.05, 4.69) is 10.3 Å². The molecule has 0 fully saturated rings. The van der Waals surface area contributed by atoms with Gasteiger partial charge in [0, 0.05) is 21.8 Å². The number of rotatable bonds is 3. The Morgan fingerprint density at radius 2 is 1.85 bits per heavy atom. The number of aromatic nitrogens is 1. The molecule has 1 amide bonds. The van der Waals surface area contributed by atoms with Crippen LogP contribution < -0.4 is 5.32 Å². The van der Waals surface area contributed by atoms with E-state index < -0.39 is 0 Å². The summed E-state index contributed by atoms with van der Waals surface area (Å²) in [5, 5.41) is 3.43. The first kappa shape index (κ1) is 17.2. The minimum atomic E-state index is -0.388. The Balaban J connectivity index is 1.66. The van der Waals surface area contributed by atoms with Crippen molar-refractivity contribution in [1.29, 1.82) is 0 Å². The fraction of sp³-hybridized carbons (Fsp3) is 0.0476. The van der Waals surface area contributed by atoms with Crippen LogP contribution in [0.3, 0.4) is 0 Å². The fourth-order valence-corrected chi connectivity index (χ4v) is 2.88. The smallest absolute Gasteiger partial charge is 0.255 e. The summed E-state index contributed by atoms with van der Waals surface area (Å²) in [6, 6.07) is 16.2. The largest absolute Gasteiger partial charge is 0.436 e. The number of amides is 1. The number of halogens is 2. The fourth-order valence-electron chi connectivity index (χ4n) is 2.71. The Hall–Kier alpha value is -3.18. The number of fused-ring (bicyclic) bond motifs is 1. The van der Waals surface area contributed by atoms with E-state index in [-0.39, 0.29) is 11.7 Å². The molecule has 4 aromatic rings. The summed E-state index contributed by atoms with van der Waals surface area (Å²) < 4.78 is 18.8. The molecule has 0 bridgehead atoms. The number of carbonyl (C=O) groups excluding carboxylic acids is 1. The van der Waals surface area contributed by atoms with E-state index in [1.165, 1.54) is 24.3 Å². The lowest BCUT2D eigenvalue weighted by molar-refractivity contribution is 0.102. The molecular weight excluding hydrogens is 367 g/mol. The molecule has 0 spiro atoms. The van der Waals surface area contributed by atoms with Gasteiger partial charge in [-0.1, -0.05) is 17.7 Å². The monoisotopic (exact) mass is 380 g/mol. The number of nitrogens with zero attached hydrogens (tertiary/aromatic N) is 1. The van der Waals surface area contributed by atoms with E-state index in [0.29, 0.717) is 33.3 Å². The highest BCUT2D eigenvalue weighted by Crippen LogP contribution is 2.29. The van der Waals surface area contributed by atoms with Crippen molar-refractivity contribution < 1.29 is 13.6 Å². The minimum absolute atomic E-state index is 0.320. The van der Waals surface area contributed by atoms with E-state index in [9.17, 15) is 9.18 Å². The van der Waals surface area contributed by atoms with Gasteiger partial charge in [-0.2, -0.15) is 0 Å². The maximum absolute atomic E-state index is 13.0. The summed E-state index contributed by atoms with van der Waals surface area (Å²) >= 11 is 5.99. The molecule has 0 saturated carbocycles. The van der Waals surface area contributed by atoms with Crippen molar-refractivity contribution in [3.8, 4) is 11.5 Å². The van der Waals surface area contributed by atoms with Crippen molar-refractivity contribution in [2.45, 2.75) is 6.92 Å². The summed E-state index contributed by atoms with van der Waals surface area (Å²) in [6.07, 6.45) is 0. The number of hydrogen-bond acceptors (Lipinski definition) is 3. The highest BCUT2D eigenvalue weighted by atomic mass is 35.5. The van der Waals surface area contributed by atoms with Gasteiger partial charge in [0.25, 0.3) is 5.91 Å². The van der Waals surface area contributed by atoms with Gasteiger partial charge in [0.2, 0.25) is 5.89 Å². The van der Waals surface area contributed by atoms with Gasteiger partial charge < -0.3 is 9.73 Å². The summed E-state index contributed by atoms with van der Waals surface area (Å²) in [4.78, 5) is 16.9. The third-order valence-corrected chi connectivity index (χ3v) is 4.42. The predicted octanol–water partition coefficient (Wildman–Crippen LogP) is 5.85. The molecule has 27 heavy (non-hydrogen) atoms. The molecule has 3 aromatic carbocycles. The standard InChI is InChI=1S/C21H14ClFN2O2/c1-12-2-3-14(21-25-18-11-15(22)6-9-19(18)27-21)10-17(12)24-20(26)13-4-7-16(23)8-5-13/h2-11H,1H3,(H,24,26). The van der Waals surface area contributed by atoms with Gasteiger partial charge in [0.1, 0.15) is 11.3 Å². The zero-order valence-corrected chi connectivity index (χ0v) is 15.0. The van der Waals surface area contributed by atoms with Gasteiger partial charge >= 0.3 is 0 Å². The second-order valence-electron chi connectivity index (χ2n) is 6.12. The third-order valence-electron chi connectivity index (χ3n) is 4.19. The molecule has 6 heteroatoms. The molecule has 0 aliphatic rings. The number of anilines is 1. The molecule has 1 N–H and O–H groups in total. The Bertz CT molecular complexity index is 1150. The lowest BCUT2D eigenvalue weighted by Gasteiger charge is -2.09. The van der Waals surface area contributed by atoms with Crippen molar-refractivity contribution in [2.24, 2.45) is 0 Å². The van der Waals surface area contributed by atoms with Crippen molar-refractivity contribution in [2.75, 3.05) is 5.32 Å². The number of nitrogens with one attached hydrogen (secondary N) is 1. The molecular formula is C21H14ClFN2O2. The van der Waals surface area contributed by atoms with Crippen LogP contribution in [0.25, 0.3) is 22.6 Å². The Labute approximate surface area is 159 Å². The van der Waals surface area contributed by atoms with Crippen LogP contribution in [0.4, 0.5) is 10.1 Å². The number of carbonyl (C=O) groups is 1. The van der Waals surface area contributed by atoms with Crippen molar-refractivity contribution >= 4 is 34.3 Å². The van der Waals surface area contributed by atoms with Gasteiger partial charge in [-0.3, -0.25) is 4.79 Å². The average molecular weight is 381 g/mol. The van der Waals surface area contributed by atoms with Crippen molar-refractivity contribution in [3.05, 3.63) is 82.6 Å². The van der Waals surface area contributed by atoms with Crippen LogP contribution in [-0.2, 0) is 0 Å². The van der Waals surface area contributed by atoms with Crippen molar-refractivity contribution in [3.63, 3.8) is 0 Å². The SMILES string of the molecule is Cc1ccc(-c2nc3cc(Cl)ccc3o2)cc1NC(=O)c1ccc(F)cc1. The summed E-state index contributed by atoms with van der Waals surface area (Å²) in [6.45, 7) is 1.88. The summed E-state index contributed by atoms with van der Waals surface area (Å²) in [5.74, 6) is -0.273. The van der Waals surface area contributed by atoms with Crippen LogP contribution in [0.2, 0.25) is 5.02 Å². The Kier molecular flexibility index (Phi) is 4.38. The Morgan fingerprint density at radius 1 is 1.07 bits per heavy atom. The van der Waals surface area contributed by atoms with Crippen LogP contribution in [0.1, 0.15) is 15.9 Å². The minimum Gasteiger partial charge on any atom is -0.436 e. The molecule has 134 valence electrons. The molecule has 0 atom stereocenters. The number of hydrogen-bond donors (Lipinski definition) is 1. The van der Waals surface area contributed by atoms with E-state index in [1.807, 2.05) is 19.1 Å². The van der Waals surface area contributed by atoms with E-state index in [4.69, 9.17) is 16.0 Å². The second kappa shape index (κ2) is 6.85. The predicted molar refractivity (Wildman–Crippen MR) is 104 cm³/mol. The highest BCUT2D eigenvalue weighted by Gasteiger charge is 2.13. The first-order chi connectivity index (χ1) is 13.0. The van der Waals surface area contributed by atoms with Gasteiger partial charge in [-0.25, -0.2) is 9.37 Å². The molecule has 1 heterocycles. The molecule has 0 aliphatic carbocycles. The van der Waals surface area contributed by atoms with Crippen LogP contribution in [0.5, 0.6) is 0 Å². The highest BCUT2D eigenvalue weighted by molar-refractivity contribution is 6.31. The number of oxazole rings is 1. The molecule has 0 radical (unpaired) electrons. The average Bonchev–Trinajstić information content (AvgIpc) is 3.07. The lowest BCUT2D eigenvalue weighted by atomic mass is 10.1. The topological polar surface area (TPSA) is 55.1 Å². The quantitative estimate of drug-likeness (QED) is 0.485.